The number of ketones is 1. The van der Waals surface area contributed by atoms with Crippen LogP contribution in [-0.2, 0) is 10.4 Å². The van der Waals surface area contributed by atoms with Crippen molar-refractivity contribution < 1.29 is 9.90 Å². The van der Waals surface area contributed by atoms with Crippen LogP contribution in [0.1, 0.15) is 44.3 Å². The Morgan fingerprint density at radius 1 is 1.18 bits per heavy atom. The van der Waals surface area contributed by atoms with Crippen LogP contribution in [0.2, 0.25) is 0 Å². The summed E-state index contributed by atoms with van der Waals surface area (Å²) in [5, 5.41) is 9.83. The number of carbonyl (C=O) groups excluding carboxylic acids is 1. The van der Waals surface area contributed by atoms with Crippen molar-refractivity contribution in [3.63, 3.8) is 0 Å². The van der Waals surface area contributed by atoms with Crippen LogP contribution < -0.4 is 0 Å². The summed E-state index contributed by atoms with van der Waals surface area (Å²) >= 11 is 3.25. The normalized spacial score (nSPS) is 20.7. The molecule has 0 unspecified atom stereocenters. The molecule has 92 valence electrons. The summed E-state index contributed by atoms with van der Waals surface area (Å²) < 4.78 is 0.842. The molecule has 0 spiro atoms. The van der Waals surface area contributed by atoms with E-state index >= 15 is 0 Å². The third-order valence-corrected chi connectivity index (χ3v) is 3.54. The molecular formula is C12H15BrN2O2. The summed E-state index contributed by atoms with van der Waals surface area (Å²) in [6.07, 6.45) is 8.80. The van der Waals surface area contributed by atoms with E-state index in [0.717, 1.165) is 43.0 Å². The Labute approximate surface area is 109 Å². The highest BCUT2D eigenvalue weighted by molar-refractivity contribution is 9.10. The molecule has 0 bridgehead atoms. The molecule has 1 aromatic heterocycles. The second-order valence-electron chi connectivity index (χ2n) is 4.50. The van der Waals surface area contributed by atoms with E-state index in [1.165, 1.54) is 0 Å². The van der Waals surface area contributed by atoms with Crippen LogP contribution in [0.4, 0.5) is 0 Å². The van der Waals surface area contributed by atoms with Crippen LogP contribution in [0.25, 0.3) is 0 Å². The quantitative estimate of drug-likeness (QED) is 0.864. The first-order chi connectivity index (χ1) is 8.10. The summed E-state index contributed by atoms with van der Waals surface area (Å²) in [6, 6.07) is 0. The van der Waals surface area contributed by atoms with Crippen LogP contribution >= 0.6 is 15.9 Å². The molecular weight excluding hydrogens is 284 g/mol. The molecule has 2 saturated carbocycles. The van der Waals surface area contributed by atoms with Crippen molar-refractivity contribution >= 4 is 21.7 Å². The number of carbonyl (C=O) groups is 1. The highest BCUT2D eigenvalue weighted by Crippen LogP contribution is 2.38. The summed E-state index contributed by atoms with van der Waals surface area (Å²) in [5.41, 5.74) is -0.735. The van der Waals surface area contributed by atoms with Gasteiger partial charge >= 0.3 is 0 Å². The summed E-state index contributed by atoms with van der Waals surface area (Å²) in [5.74, 6) is 0.988. The predicted octanol–water partition coefficient (Wildman–Crippen LogP) is 2.35. The van der Waals surface area contributed by atoms with Crippen LogP contribution in [0, 0.1) is 0 Å². The molecule has 4 nitrogen and oxygen atoms in total. The van der Waals surface area contributed by atoms with Crippen LogP contribution in [-0.4, -0.2) is 20.9 Å². The number of Topliss-reactive ketones (excluding diaryl/α,β-unsaturated/α-hetero) is 1. The van der Waals surface area contributed by atoms with Crippen molar-refractivity contribution in [2.45, 2.75) is 44.1 Å². The maximum absolute atomic E-state index is 9.90. The first-order valence-electron chi connectivity index (χ1n) is 5.82. The Kier molecular flexibility index (Phi) is 3.89. The lowest BCUT2D eigenvalue weighted by Crippen LogP contribution is -2.35. The van der Waals surface area contributed by atoms with Gasteiger partial charge in [-0.1, -0.05) is 0 Å². The largest absolute Gasteiger partial charge is 0.382 e. The Morgan fingerprint density at radius 2 is 1.71 bits per heavy atom. The van der Waals surface area contributed by atoms with E-state index in [2.05, 4.69) is 25.9 Å². The molecule has 0 radical (unpaired) electrons. The second kappa shape index (κ2) is 5.23. The Bertz CT molecular complexity index is 395. The molecule has 2 fully saturated rings. The van der Waals surface area contributed by atoms with E-state index in [1.54, 1.807) is 12.4 Å². The number of aliphatic hydroxyl groups is 1. The smallest absolute Gasteiger partial charge is 0.160 e. The Balaban J connectivity index is 0.000000181. The predicted molar refractivity (Wildman–Crippen MR) is 66.3 cm³/mol. The van der Waals surface area contributed by atoms with Crippen molar-refractivity contribution in [2.24, 2.45) is 0 Å². The Hall–Kier alpha value is -0.810. The maximum atomic E-state index is 9.90. The minimum absolute atomic E-state index is 0.435. The molecule has 1 heterocycles. The number of hydrogen-bond donors (Lipinski definition) is 1. The number of halogens is 1. The average molecular weight is 299 g/mol. The first-order valence-corrected chi connectivity index (χ1v) is 6.61. The number of nitrogens with zero attached hydrogens (tertiary/aromatic N) is 2. The van der Waals surface area contributed by atoms with Gasteiger partial charge in [-0.05, 0) is 41.6 Å². The van der Waals surface area contributed by atoms with Crippen molar-refractivity contribution in [1.29, 1.82) is 0 Å². The van der Waals surface area contributed by atoms with Crippen molar-refractivity contribution in [2.75, 3.05) is 0 Å². The van der Waals surface area contributed by atoms with Gasteiger partial charge in [-0.25, -0.2) is 9.97 Å². The SMILES string of the molecule is O=C1CCC1.OC1(c2ncc(Br)cn2)CCC1. The third-order valence-electron chi connectivity index (χ3n) is 3.13. The van der Waals surface area contributed by atoms with E-state index in [-0.39, 0.29) is 0 Å². The Morgan fingerprint density at radius 3 is 2.00 bits per heavy atom. The van der Waals surface area contributed by atoms with E-state index < -0.39 is 5.60 Å². The lowest BCUT2D eigenvalue weighted by molar-refractivity contribution is -0.123. The first kappa shape index (κ1) is 12.6. The molecule has 0 atom stereocenters. The topological polar surface area (TPSA) is 63.1 Å². The van der Waals surface area contributed by atoms with Crippen LogP contribution in [0.3, 0.4) is 0 Å². The maximum Gasteiger partial charge on any atom is 0.160 e. The lowest BCUT2D eigenvalue weighted by Gasteiger charge is -2.34. The fraction of sp³-hybridized carbons (Fsp3) is 0.583. The molecule has 0 saturated heterocycles. The minimum Gasteiger partial charge on any atom is -0.382 e. The molecule has 2 aliphatic rings. The van der Waals surface area contributed by atoms with Gasteiger partial charge in [0.05, 0.1) is 4.47 Å². The standard InChI is InChI=1S/C8H9BrN2O.C4H6O/c9-6-4-10-7(11-5-6)8(12)2-1-3-8;5-4-2-1-3-4/h4-5,12H,1-3H2;1-3H2. The van der Waals surface area contributed by atoms with Gasteiger partial charge in [0.2, 0.25) is 0 Å². The molecule has 2 aliphatic carbocycles. The molecule has 3 rings (SSSR count). The zero-order valence-corrected chi connectivity index (χ0v) is 11.1. The van der Waals surface area contributed by atoms with E-state index in [1.807, 2.05) is 0 Å². The summed E-state index contributed by atoms with van der Waals surface area (Å²) in [6.45, 7) is 0. The molecule has 0 amide bonds. The van der Waals surface area contributed by atoms with Gasteiger partial charge in [-0.3, -0.25) is 4.79 Å². The van der Waals surface area contributed by atoms with Gasteiger partial charge in [0.1, 0.15) is 11.4 Å². The van der Waals surface area contributed by atoms with E-state index in [0.29, 0.717) is 11.6 Å². The van der Waals surface area contributed by atoms with Gasteiger partial charge in [0.25, 0.3) is 0 Å². The zero-order chi connectivity index (χ0) is 12.3. The highest BCUT2D eigenvalue weighted by atomic mass is 79.9. The summed E-state index contributed by atoms with van der Waals surface area (Å²) in [4.78, 5) is 18.0. The average Bonchev–Trinajstić information content (AvgIpc) is 2.25. The van der Waals surface area contributed by atoms with Gasteiger partial charge in [0, 0.05) is 25.2 Å². The van der Waals surface area contributed by atoms with Crippen LogP contribution in [0.5, 0.6) is 0 Å². The molecule has 17 heavy (non-hydrogen) atoms. The third kappa shape index (κ3) is 3.10. The highest BCUT2D eigenvalue weighted by Gasteiger charge is 2.38. The van der Waals surface area contributed by atoms with Crippen molar-refractivity contribution in [3.05, 3.63) is 22.7 Å². The molecule has 0 aliphatic heterocycles. The fourth-order valence-electron chi connectivity index (χ4n) is 1.61. The molecule has 0 aromatic carbocycles. The number of hydrogen-bond acceptors (Lipinski definition) is 4. The van der Waals surface area contributed by atoms with Crippen molar-refractivity contribution in [3.8, 4) is 0 Å². The van der Waals surface area contributed by atoms with Gasteiger partial charge in [-0.2, -0.15) is 0 Å². The van der Waals surface area contributed by atoms with Gasteiger partial charge in [0.15, 0.2) is 5.82 Å². The van der Waals surface area contributed by atoms with Gasteiger partial charge in [-0.15, -0.1) is 0 Å². The van der Waals surface area contributed by atoms with Gasteiger partial charge < -0.3 is 5.11 Å². The van der Waals surface area contributed by atoms with E-state index in [4.69, 9.17) is 0 Å². The van der Waals surface area contributed by atoms with Crippen LogP contribution in [0.15, 0.2) is 16.9 Å². The minimum atomic E-state index is -0.735. The lowest BCUT2D eigenvalue weighted by atomic mass is 9.79. The number of rotatable bonds is 1. The number of aromatic nitrogens is 2. The molecule has 1 aromatic rings. The molecule has 1 N–H and O–H groups in total. The van der Waals surface area contributed by atoms with Crippen molar-refractivity contribution in [1.82, 2.24) is 9.97 Å². The molecule has 5 heteroatoms. The summed E-state index contributed by atoms with van der Waals surface area (Å²) in [7, 11) is 0. The zero-order valence-electron chi connectivity index (χ0n) is 9.53. The van der Waals surface area contributed by atoms with E-state index in [9.17, 15) is 9.90 Å². The second-order valence-corrected chi connectivity index (χ2v) is 5.42. The monoisotopic (exact) mass is 298 g/mol. The fourth-order valence-corrected chi connectivity index (χ4v) is 1.81.